The van der Waals surface area contributed by atoms with Gasteiger partial charge in [0.05, 0.1) is 6.20 Å². The Morgan fingerprint density at radius 1 is 1.86 bits per heavy atom. The van der Waals surface area contributed by atoms with E-state index in [9.17, 15) is 0 Å². The number of hydrogen-bond acceptors (Lipinski definition) is 2. The highest BCUT2D eigenvalue weighted by atomic mass is 35.5. The van der Waals surface area contributed by atoms with Crippen molar-refractivity contribution >= 4 is 11.6 Å². The van der Waals surface area contributed by atoms with Crippen LogP contribution in [0.2, 0.25) is 5.22 Å². The minimum absolute atomic E-state index is 0.375. The average molecular weight is 118 g/mol. The summed E-state index contributed by atoms with van der Waals surface area (Å²) < 4.78 is 4.48. The Hall–Kier alpha value is -0.500. The standard InChI is InChI=1S/C4H4ClNO/c1-3-2-6-7-4(3)5/h2H,1H3. The maximum atomic E-state index is 5.40. The highest BCUT2D eigenvalue weighted by Crippen LogP contribution is 2.10. The van der Waals surface area contributed by atoms with Gasteiger partial charge in [0.2, 0.25) is 5.22 Å². The summed E-state index contributed by atoms with van der Waals surface area (Å²) in [6.07, 6.45) is 1.57. The van der Waals surface area contributed by atoms with Crippen molar-refractivity contribution in [3.05, 3.63) is 17.0 Å². The van der Waals surface area contributed by atoms with Crippen LogP contribution in [0.5, 0.6) is 0 Å². The van der Waals surface area contributed by atoms with Crippen LogP contribution in [0.25, 0.3) is 0 Å². The zero-order valence-corrected chi connectivity index (χ0v) is 4.57. The lowest BCUT2D eigenvalue weighted by molar-refractivity contribution is 0.421. The predicted octanol–water partition coefficient (Wildman–Crippen LogP) is 1.64. The minimum Gasteiger partial charge on any atom is -0.344 e. The molecule has 0 aliphatic carbocycles. The molecule has 38 valence electrons. The fourth-order valence-electron chi connectivity index (χ4n) is 0.274. The quantitative estimate of drug-likeness (QED) is 0.516. The zero-order valence-electron chi connectivity index (χ0n) is 3.81. The van der Waals surface area contributed by atoms with Crippen LogP contribution in [0, 0.1) is 6.92 Å². The fourth-order valence-corrected chi connectivity index (χ4v) is 0.363. The summed E-state index contributed by atoms with van der Waals surface area (Å²) >= 11 is 5.40. The first kappa shape index (κ1) is 4.65. The summed E-state index contributed by atoms with van der Waals surface area (Å²) in [5.74, 6) is 0. The van der Waals surface area contributed by atoms with E-state index in [1.807, 2.05) is 6.92 Å². The monoisotopic (exact) mass is 117 g/mol. The molecule has 0 fully saturated rings. The molecule has 3 heteroatoms. The number of aromatic nitrogens is 1. The van der Waals surface area contributed by atoms with E-state index in [1.165, 1.54) is 0 Å². The van der Waals surface area contributed by atoms with Crippen LogP contribution in [-0.2, 0) is 0 Å². The van der Waals surface area contributed by atoms with Gasteiger partial charge in [-0.3, -0.25) is 0 Å². The van der Waals surface area contributed by atoms with Gasteiger partial charge in [-0.05, 0) is 18.5 Å². The number of aryl methyl sites for hydroxylation is 1. The van der Waals surface area contributed by atoms with E-state index in [-0.39, 0.29) is 0 Å². The Labute approximate surface area is 46.1 Å². The van der Waals surface area contributed by atoms with E-state index in [1.54, 1.807) is 6.20 Å². The van der Waals surface area contributed by atoms with Gasteiger partial charge in [0.1, 0.15) is 0 Å². The molecule has 0 saturated heterocycles. The van der Waals surface area contributed by atoms with Gasteiger partial charge in [-0.2, -0.15) is 0 Å². The van der Waals surface area contributed by atoms with Crippen molar-refractivity contribution in [3.8, 4) is 0 Å². The molecule has 0 aromatic carbocycles. The Bertz CT molecular complexity index is 144. The molecule has 0 aliphatic heterocycles. The van der Waals surface area contributed by atoms with E-state index < -0.39 is 0 Å². The maximum Gasteiger partial charge on any atom is 0.228 e. The molecule has 0 unspecified atom stereocenters. The molecular formula is C4H4ClNO. The summed E-state index contributed by atoms with van der Waals surface area (Å²) in [5.41, 5.74) is 0.877. The molecule has 1 aromatic rings. The van der Waals surface area contributed by atoms with Crippen molar-refractivity contribution in [1.29, 1.82) is 0 Å². The van der Waals surface area contributed by atoms with Crippen LogP contribution in [0.15, 0.2) is 10.7 Å². The van der Waals surface area contributed by atoms with Crippen molar-refractivity contribution in [2.24, 2.45) is 0 Å². The van der Waals surface area contributed by atoms with Crippen molar-refractivity contribution in [2.45, 2.75) is 6.92 Å². The van der Waals surface area contributed by atoms with Gasteiger partial charge in [-0.1, -0.05) is 5.16 Å². The molecule has 0 amide bonds. The van der Waals surface area contributed by atoms with E-state index in [2.05, 4.69) is 9.68 Å². The average Bonchev–Trinajstić information content (AvgIpc) is 1.91. The van der Waals surface area contributed by atoms with E-state index in [0.717, 1.165) is 5.56 Å². The number of rotatable bonds is 0. The van der Waals surface area contributed by atoms with Crippen LogP contribution in [0.3, 0.4) is 0 Å². The maximum absolute atomic E-state index is 5.40. The molecule has 7 heavy (non-hydrogen) atoms. The Kier molecular flexibility index (Phi) is 1.02. The molecule has 1 heterocycles. The largest absolute Gasteiger partial charge is 0.344 e. The first-order valence-electron chi connectivity index (χ1n) is 1.87. The van der Waals surface area contributed by atoms with E-state index in [4.69, 9.17) is 11.6 Å². The van der Waals surface area contributed by atoms with Gasteiger partial charge in [-0.15, -0.1) is 0 Å². The second-order valence-corrected chi connectivity index (χ2v) is 1.63. The van der Waals surface area contributed by atoms with Gasteiger partial charge < -0.3 is 4.52 Å². The fraction of sp³-hybridized carbons (Fsp3) is 0.250. The summed E-state index contributed by atoms with van der Waals surface area (Å²) in [6, 6.07) is 0. The highest BCUT2D eigenvalue weighted by molar-refractivity contribution is 6.29. The van der Waals surface area contributed by atoms with E-state index >= 15 is 0 Å². The zero-order chi connectivity index (χ0) is 5.28. The van der Waals surface area contributed by atoms with Crippen molar-refractivity contribution in [3.63, 3.8) is 0 Å². The molecule has 0 atom stereocenters. The van der Waals surface area contributed by atoms with Crippen molar-refractivity contribution in [2.75, 3.05) is 0 Å². The first-order valence-corrected chi connectivity index (χ1v) is 2.25. The molecule has 0 spiro atoms. The SMILES string of the molecule is Cc1cnoc1Cl. The second-order valence-electron chi connectivity index (χ2n) is 1.28. The van der Waals surface area contributed by atoms with Gasteiger partial charge in [0, 0.05) is 5.56 Å². The van der Waals surface area contributed by atoms with Crippen molar-refractivity contribution in [1.82, 2.24) is 5.16 Å². The molecular weight excluding hydrogens is 114 g/mol. The number of halogens is 1. The van der Waals surface area contributed by atoms with Crippen LogP contribution in [-0.4, -0.2) is 5.16 Å². The number of hydrogen-bond donors (Lipinski definition) is 0. The molecule has 0 bridgehead atoms. The molecule has 0 N–H and O–H groups in total. The molecule has 0 saturated carbocycles. The molecule has 1 rings (SSSR count). The second kappa shape index (κ2) is 1.54. The smallest absolute Gasteiger partial charge is 0.228 e. The van der Waals surface area contributed by atoms with Crippen molar-refractivity contribution < 1.29 is 4.52 Å². The molecule has 0 radical (unpaired) electrons. The molecule has 0 aliphatic rings. The van der Waals surface area contributed by atoms with Gasteiger partial charge in [0.25, 0.3) is 0 Å². The van der Waals surface area contributed by atoms with E-state index in [0.29, 0.717) is 5.22 Å². The minimum atomic E-state index is 0.375. The van der Waals surface area contributed by atoms with Gasteiger partial charge in [0.15, 0.2) is 0 Å². The van der Waals surface area contributed by atoms with Crippen LogP contribution in [0.1, 0.15) is 5.56 Å². The lowest BCUT2D eigenvalue weighted by atomic mass is 10.4. The normalized spacial score (nSPS) is 9.43. The highest BCUT2D eigenvalue weighted by Gasteiger charge is 1.94. The predicted molar refractivity (Wildman–Crippen MR) is 26.2 cm³/mol. The summed E-state index contributed by atoms with van der Waals surface area (Å²) in [7, 11) is 0. The van der Waals surface area contributed by atoms with Crippen LogP contribution < -0.4 is 0 Å². The first-order chi connectivity index (χ1) is 3.30. The Balaban J connectivity index is 3.12. The topological polar surface area (TPSA) is 26.0 Å². The lowest BCUT2D eigenvalue weighted by Crippen LogP contribution is -1.56. The van der Waals surface area contributed by atoms with Gasteiger partial charge in [-0.25, -0.2) is 0 Å². The summed E-state index contributed by atoms with van der Waals surface area (Å²) in [5, 5.41) is 3.79. The van der Waals surface area contributed by atoms with Crippen LogP contribution >= 0.6 is 11.6 Å². The van der Waals surface area contributed by atoms with Gasteiger partial charge >= 0.3 is 0 Å². The Morgan fingerprint density at radius 3 is 2.71 bits per heavy atom. The third-order valence-corrected chi connectivity index (χ3v) is 1.06. The Morgan fingerprint density at radius 2 is 2.57 bits per heavy atom. The van der Waals surface area contributed by atoms with Crippen LogP contribution in [0.4, 0.5) is 0 Å². The summed E-state index contributed by atoms with van der Waals surface area (Å²) in [4.78, 5) is 0. The lowest BCUT2D eigenvalue weighted by Gasteiger charge is -1.72. The third-order valence-electron chi connectivity index (χ3n) is 0.689. The summed E-state index contributed by atoms with van der Waals surface area (Å²) in [6.45, 7) is 1.83. The number of nitrogens with zero attached hydrogens (tertiary/aromatic N) is 1. The molecule has 2 nitrogen and oxygen atoms in total. The third kappa shape index (κ3) is 0.747. The molecule has 1 aromatic heterocycles.